The van der Waals surface area contributed by atoms with Gasteiger partial charge in [-0.2, -0.15) is 13.2 Å². The van der Waals surface area contributed by atoms with Crippen LogP contribution in [0, 0.1) is 6.92 Å². The highest BCUT2D eigenvalue weighted by Crippen LogP contribution is 2.34. The number of rotatable bonds is 5. The van der Waals surface area contributed by atoms with E-state index in [0.717, 1.165) is 11.6 Å². The highest BCUT2D eigenvalue weighted by molar-refractivity contribution is 7.92. The van der Waals surface area contributed by atoms with Gasteiger partial charge in [0.15, 0.2) is 5.11 Å². The molecule has 0 aromatic heterocycles. The lowest BCUT2D eigenvalue weighted by Gasteiger charge is -2.16. The van der Waals surface area contributed by atoms with Crippen LogP contribution in [0.1, 0.15) is 11.1 Å². The van der Waals surface area contributed by atoms with Gasteiger partial charge in [-0.15, -0.1) is 0 Å². The zero-order chi connectivity index (χ0) is 22.6. The van der Waals surface area contributed by atoms with Crippen LogP contribution in [0.4, 0.5) is 30.2 Å². The number of para-hydroxylation sites is 2. The van der Waals surface area contributed by atoms with Crippen molar-refractivity contribution in [3.05, 3.63) is 83.9 Å². The zero-order valence-electron chi connectivity index (χ0n) is 16.2. The molecular formula is C21H18F3N3O2S2. The normalized spacial score (nSPS) is 11.6. The third-order valence-electron chi connectivity index (χ3n) is 4.29. The number of hydrogen-bond donors (Lipinski definition) is 3. The largest absolute Gasteiger partial charge is 0.418 e. The number of nitrogens with one attached hydrogen (secondary N) is 3. The first-order chi connectivity index (χ1) is 14.6. The minimum Gasteiger partial charge on any atom is -0.332 e. The summed E-state index contributed by atoms with van der Waals surface area (Å²) in [6.45, 7) is 1.79. The second-order valence-electron chi connectivity index (χ2n) is 6.57. The second-order valence-corrected chi connectivity index (χ2v) is 8.66. The molecule has 3 N–H and O–H groups in total. The summed E-state index contributed by atoms with van der Waals surface area (Å²) >= 11 is 5.09. The molecule has 10 heteroatoms. The lowest BCUT2D eigenvalue weighted by atomic mass is 10.1. The van der Waals surface area contributed by atoms with Crippen molar-refractivity contribution >= 4 is 44.4 Å². The van der Waals surface area contributed by atoms with Gasteiger partial charge in [-0.05, 0) is 67.2 Å². The van der Waals surface area contributed by atoms with Crippen molar-refractivity contribution in [3.8, 4) is 0 Å². The quantitative estimate of drug-likeness (QED) is 0.427. The van der Waals surface area contributed by atoms with Crippen LogP contribution in [0.5, 0.6) is 0 Å². The third-order valence-corrected chi connectivity index (χ3v) is 5.88. The van der Waals surface area contributed by atoms with E-state index in [1.54, 1.807) is 31.2 Å². The summed E-state index contributed by atoms with van der Waals surface area (Å²) in [5.41, 5.74) is 0.632. The molecule has 5 nitrogen and oxygen atoms in total. The number of alkyl halides is 3. The highest BCUT2D eigenvalue weighted by atomic mass is 32.2. The lowest BCUT2D eigenvalue weighted by molar-refractivity contribution is -0.136. The first-order valence-electron chi connectivity index (χ1n) is 8.99. The molecule has 0 amide bonds. The summed E-state index contributed by atoms with van der Waals surface area (Å²) < 4.78 is 67.0. The van der Waals surface area contributed by atoms with E-state index in [2.05, 4.69) is 15.4 Å². The van der Waals surface area contributed by atoms with Crippen LogP contribution in [0.3, 0.4) is 0 Å². The van der Waals surface area contributed by atoms with E-state index in [9.17, 15) is 21.6 Å². The Hall–Kier alpha value is -3.11. The average molecular weight is 466 g/mol. The molecule has 3 rings (SSSR count). The van der Waals surface area contributed by atoms with Gasteiger partial charge in [0.2, 0.25) is 0 Å². The van der Waals surface area contributed by atoms with Gasteiger partial charge in [-0.1, -0.05) is 30.3 Å². The molecule has 162 valence electrons. The molecule has 31 heavy (non-hydrogen) atoms. The molecule has 0 fully saturated rings. The maximum Gasteiger partial charge on any atom is 0.418 e. The van der Waals surface area contributed by atoms with Gasteiger partial charge in [-0.25, -0.2) is 8.42 Å². The van der Waals surface area contributed by atoms with Crippen molar-refractivity contribution in [2.45, 2.75) is 18.0 Å². The summed E-state index contributed by atoms with van der Waals surface area (Å²) in [7, 11) is -3.80. The van der Waals surface area contributed by atoms with Crippen molar-refractivity contribution in [1.82, 2.24) is 0 Å². The Kier molecular flexibility index (Phi) is 6.51. The molecule has 0 bridgehead atoms. The molecular weight excluding hydrogens is 447 g/mol. The summed E-state index contributed by atoms with van der Waals surface area (Å²) in [5, 5.41) is 5.20. The Labute approximate surface area is 183 Å². The van der Waals surface area contributed by atoms with E-state index in [-0.39, 0.29) is 15.7 Å². The monoisotopic (exact) mass is 465 g/mol. The van der Waals surface area contributed by atoms with E-state index < -0.39 is 21.8 Å². The van der Waals surface area contributed by atoms with Gasteiger partial charge in [0.05, 0.1) is 21.8 Å². The van der Waals surface area contributed by atoms with Crippen LogP contribution in [-0.4, -0.2) is 13.5 Å². The van der Waals surface area contributed by atoms with Crippen LogP contribution in [0.25, 0.3) is 0 Å². The predicted octanol–water partition coefficient (Wildman–Crippen LogP) is 5.62. The Bertz CT molecular complexity index is 1190. The third kappa shape index (κ3) is 5.74. The fourth-order valence-corrected chi connectivity index (χ4v) is 4.09. The van der Waals surface area contributed by atoms with E-state index in [1.165, 1.54) is 42.5 Å². The first kappa shape index (κ1) is 22.6. The number of halogens is 3. The smallest absolute Gasteiger partial charge is 0.332 e. The minimum absolute atomic E-state index is 0.0302. The molecule has 0 heterocycles. The molecule has 0 saturated carbocycles. The second kappa shape index (κ2) is 8.94. The molecule has 0 unspecified atom stereocenters. The maximum atomic E-state index is 13.1. The summed E-state index contributed by atoms with van der Waals surface area (Å²) in [6.07, 6.45) is -4.53. The fourth-order valence-electron chi connectivity index (χ4n) is 2.73. The Morgan fingerprint density at radius 1 is 0.839 bits per heavy atom. The summed E-state index contributed by atoms with van der Waals surface area (Å²) in [5.74, 6) is 0. The number of benzene rings is 3. The van der Waals surface area contributed by atoms with E-state index in [1.807, 2.05) is 0 Å². The van der Waals surface area contributed by atoms with Crippen molar-refractivity contribution in [1.29, 1.82) is 0 Å². The van der Waals surface area contributed by atoms with Crippen LogP contribution >= 0.6 is 12.2 Å². The zero-order valence-corrected chi connectivity index (χ0v) is 17.8. The maximum absolute atomic E-state index is 13.1. The molecule has 3 aromatic carbocycles. The van der Waals surface area contributed by atoms with Gasteiger partial charge in [-0.3, -0.25) is 4.72 Å². The molecule has 3 aromatic rings. The van der Waals surface area contributed by atoms with Gasteiger partial charge in [0.1, 0.15) is 0 Å². The minimum atomic E-state index is -4.53. The van der Waals surface area contributed by atoms with Crippen LogP contribution in [0.2, 0.25) is 0 Å². The average Bonchev–Trinajstić information content (AvgIpc) is 2.69. The van der Waals surface area contributed by atoms with E-state index >= 15 is 0 Å². The summed E-state index contributed by atoms with van der Waals surface area (Å²) in [6, 6.07) is 17.6. The van der Waals surface area contributed by atoms with E-state index in [0.29, 0.717) is 11.4 Å². The molecule has 0 spiro atoms. The van der Waals surface area contributed by atoms with E-state index in [4.69, 9.17) is 12.2 Å². The number of anilines is 3. The molecule has 0 radical (unpaired) electrons. The van der Waals surface area contributed by atoms with Gasteiger partial charge < -0.3 is 10.6 Å². The van der Waals surface area contributed by atoms with Gasteiger partial charge >= 0.3 is 6.18 Å². The Morgan fingerprint density at radius 3 is 2.03 bits per heavy atom. The number of sulfonamides is 1. The number of hydrogen-bond acceptors (Lipinski definition) is 3. The van der Waals surface area contributed by atoms with Crippen LogP contribution < -0.4 is 15.4 Å². The fraction of sp³-hybridized carbons (Fsp3) is 0.0952. The Morgan fingerprint density at radius 2 is 1.42 bits per heavy atom. The first-order valence-corrected chi connectivity index (χ1v) is 10.9. The number of thiocarbonyl (C=S) groups is 1. The lowest BCUT2D eigenvalue weighted by Crippen LogP contribution is -2.21. The van der Waals surface area contributed by atoms with Crippen molar-refractivity contribution in [2.75, 3.05) is 15.4 Å². The number of aryl methyl sites for hydroxylation is 1. The van der Waals surface area contributed by atoms with Crippen molar-refractivity contribution in [3.63, 3.8) is 0 Å². The van der Waals surface area contributed by atoms with Crippen LogP contribution in [0.15, 0.2) is 77.7 Å². The standard InChI is InChI=1S/C21H18F3N3O2S2/c1-14-6-2-4-8-18(14)27-31(28,29)16-12-10-15(11-13-16)25-20(30)26-19-9-5-3-7-17(19)21(22,23)24/h2-13,27H,1H3,(H2,25,26,30). The van der Waals surface area contributed by atoms with Crippen molar-refractivity contribution < 1.29 is 21.6 Å². The van der Waals surface area contributed by atoms with Gasteiger partial charge in [0.25, 0.3) is 10.0 Å². The topological polar surface area (TPSA) is 70.2 Å². The molecule has 0 aliphatic heterocycles. The van der Waals surface area contributed by atoms with Crippen molar-refractivity contribution in [2.24, 2.45) is 0 Å². The molecule has 0 atom stereocenters. The van der Waals surface area contributed by atoms with Gasteiger partial charge in [0, 0.05) is 5.69 Å². The highest BCUT2D eigenvalue weighted by Gasteiger charge is 2.33. The molecule has 0 aliphatic carbocycles. The van der Waals surface area contributed by atoms with Crippen LogP contribution in [-0.2, 0) is 16.2 Å². The molecule has 0 saturated heterocycles. The Balaban J connectivity index is 1.70. The predicted molar refractivity (Wildman–Crippen MR) is 120 cm³/mol. The summed E-state index contributed by atoms with van der Waals surface area (Å²) in [4.78, 5) is 0.0302. The SMILES string of the molecule is Cc1ccccc1NS(=O)(=O)c1ccc(NC(=S)Nc2ccccc2C(F)(F)F)cc1. The molecule has 0 aliphatic rings.